The third-order valence-corrected chi connectivity index (χ3v) is 3.44. The summed E-state index contributed by atoms with van der Waals surface area (Å²) in [4.78, 5) is 11.6. The highest BCUT2D eigenvalue weighted by molar-refractivity contribution is 5.94. The molecule has 1 aliphatic rings. The van der Waals surface area contributed by atoms with Crippen LogP contribution in [0.1, 0.15) is 36.0 Å². The van der Waals surface area contributed by atoms with Crippen molar-refractivity contribution in [3.05, 3.63) is 29.8 Å². The maximum absolute atomic E-state index is 11.6. The van der Waals surface area contributed by atoms with E-state index in [0.29, 0.717) is 17.6 Å². The molecule has 4 N–H and O–H groups in total. The summed E-state index contributed by atoms with van der Waals surface area (Å²) < 4.78 is 0. The zero-order valence-electron chi connectivity index (χ0n) is 10.8. The van der Waals surface area contributed by atoms with Crippen molar-refractivity contribution in [2.24, 2.45) is 5.73 Å². The van der Waals surface area contributed by atoms with Gasteiger partial charge in [-0.2, -0.15) is 0 Å². The molecule has 2 unspecified atom stereocenters. The Labute approximate surface area is 108 Å². The number of hydrogen-bond donors (Lipinski definition) is 3. The fourth-order valence-corrected chi connectivity index (χ4v) is 2.49. The van der Waals surface area contributed by atoms with Crippen LogP contribution in [-0.2, 0) is 0 Å². The van der Waals surface area contributed by atoms with Crippen LogP contribution in [0, 0.1) is 0 Å². The molecule has 1 amide bonds. The minimum absolute atomic E-state index is 0.0565. The Morgan fingerprint density at radius 3 is 2.94 bits per heavy atom. The SMILES string of the molecule is CNC(=O)c1cccc(NC2CCCC(N)C2)c1. The van der Waals surface area contributed by atoms with Gasteiger partial charge in [0.2, 0.25) is 0 Å². The Bertz CT molecular complexity index is 419. The number of amides is 1. The van der Waals surface area contributed by atoms with Gasteiger partial charge in [-0.25, -0.2) is 0 Å². The molecule has 1 aromatic carbocycles. The summed E-state index contributed by atoms with van der Waals surface area (Å²) >= 11 is 0. The fourth-order valence-electron chi connectivity index (χ4n) is 2.49. The molecule has 2 rings (SSSR count). The molecule has 1 fully saturated rings. The molecule has 0 aromatic heterocycles. The number of rotatable bonds is 3. The van der Waals surface area contributed by atoms with Gasteiger partial charge in [-0.15, -0.1) is 0 Å². The van der Waals surface area contributed by atoms with Gasteiger partial charge < -0.3 is 16.4 Å². The summed E-state index contributed by atoms with van der Waals surface area (Å²) in [6.07, 6.45) is 4.45. The van der Waals surface area contributed by atoms with Gasteiger partial charge in [0, 0.05) is 30.4 Å². The Morgan fingerprint density at radius 2 is 2.22 bits per heavy atom. The first-order chi connectivity index (χ1) is 8.69. The van der Waals surface area contributed by atoms with Crippen LogP contribution >= 0.6 is 0 Å². The summed E-state index contributed by atoms with van der Waals surface area (Å²) in [5.74, 6) is -0.0565. The van der Waals surface area contributed by atoms with Crippen LogP contribution in [0.2, 0.25) is 0 Å². The highest BCUT2D eigenvalue weighted by Crippen LogP contribution is 2.21. The van der Waals surface area contributed by atoms with Crippen LogP contribution in [0.5, 0.6) is 0 Å². The van der Waals surface area contributed by atoms with Crippen LogP contribution in [0.3, 0.4) is 0 Å². The van der Waals surface area contributed by atoms with Crippen LogP contribution < -0.4 is 16.4 Å². The summed E-state index contributed by atoms with van der Waals surface area (Å²) in [6.45, 7) is 0. The van der Waals surface area contributed by atoms with Gasteiger partial charge in [0.05, 0.1) is 0 Å². The highest BCUT2D eigenvalue weighted by atomic mass is 16.1. The minimum atomic E-state index is -0.0565. The zero-order valence-corrected chi connectivity index (χ0v) is 10.8. The molecular formula is C14H21N3O. The van der Waals surface area contributed by atoms with E-state index in [2.05, 4.69) is 10.6 Å². The summed E-state index contributed by atoms with van der Waals surface area (Å²) in [5.41, 5.74) is 7.65. The van der Waals surface area contributed by atoms with Gasteiger partial charge in [-0.1, -0.05) is 6.07 Å². The van der Waals surface area contributed by atoms with Crippen LogP contribution in [0.15, 0.2) is 24.3 Å². The number of carbonyl (C=O) groups is 1. The maximum atomic E-state index is 11.6. The van der Waals surface area contributed by atoms with Crippen molar-refractivity contribution in [1.82, 2.24) is 5.32 Å². The summed E-state index contributed by atoms with van der Waals surface area (Å²) in [7, 11) is 1.64. The van der Waals surface area contributed by atoms with Crippen molar-refractivity contribution >= 4 is 11.6 Å². The third kappa shape index (κ3) is 3.23. The molecule has 4 nitrogen and oxygen atoms in total. The van der Waals surface area contributed by atoms with Crippen molar-refractivity contribution in [3.8, 4) is 0 Å². The normalized spacial score (nSPS) is 23.4. The maximum Gasteiger partial charge on any atom is 0.251 e. The molecular weight excluding hydrogens is 226 g/mol. The van der Waals surface area contributed by atoms with Gasteiger partial charge in [0.1, 0.15) is 0 Å². The van der Waals surface area contributed by atoms with Gasteiger partial charge in [0.15, 0.2) is 0 Å². The molecule has 0 heterocycles. The smallest absolute Gasteiger partial charge is 0.251 e. The quantitative estimate of drug-likeness (QED) is 0.762. The van der Waals surface area contributed by atoms with Gasteiger partial charge in [0.25, 0.3) is 5.91 Å². The Hall–Kier alpha value is -1.55. The first kappa shape index (κ1) is 12.9. The van der Waals surface area contributed by atoms with E-state index in [1.165, 1.54) is 6.42 Å². The molecule has 1 aliphatic carbocycles. The summed E-state index contributed by atoms with van der Waals surface area (Å²) in [5, 5.41) is 6.10. The minimum Gasteiger partial charge on any atom is -0.382 e. The molecule has 0 spiro atoms. The molecule has 4 heteroatoms. The largest absolute Gasteiger partial charge is 0.382 e. The van der Waals surface area contributed by atoms with Crippen LogP contribution in [-0.4, -0.2) is 25.0 Å². The topological polar surface area (TPSA) is 67.2 Å². The van der Waals surface area contributed by atoms with Crippen LogP contribution in [0.4, 0.5) is 5.69 Å². The average Bonchev–Trinajstić information content (AvgIpc) is 2.38. The molecule has 0 aliphatic heterocycles. The van der Waals surface area contributed by atoms with E-state index in [0.717, 1.165) is 24.9 Å². The summed E-state index contributed by atoms with van der Waals surface area (Å²) in [6, 6.07) is 8.32. The van der Waals surface area contributed by atoms with Crippen molar-refractivity contribution in [2.45, 2.75) is 37.8 Å². The molecule has 0 radical (unpaired) electrons. The lowest BCUT2D eigenvalue weighted by Crippen LogP contribution is -2.34. The zero-order chi connectivity index (χ0) is 13.0. The molecule has 1 aromatic rings. The van der Waals surface area contributed by atoms with Gasteiger partial charge >= 0.3 is 0 Å². The first-order valence-corrected chi connectivity index (χ1v) is 6.53. The average molecular weight is 247 g/mol. The molecule has 1 saturated carbocycles. The monoisotopic (exact) mass is 247 g/mol. The number of benzene rings is 1. The molecule has 0 bridgehead atoms. The molecule has 2 atom stereocenters. The van der Waals surface area contributed by atoms with E-state index in [-0.39, 0.29) is 5.91 Å². The van der Waals surface area contributed by atoms with E-state index in [1.807, 2.05) is 24.3 Å². The van der Waals surface area contributed by atoms with E-state index < -0.39 is 0 Å². The third-order valence-electron chi connectivity index (χ3n) is 3.44. The van der Waals surface area contributed by atoms with Crippen molar-refractivity contribution < 1.29 is 4.79 Å². The highest BCUT2D eigenvalue weighted by Gasteiger charge is 2.19. The predicted octanol–water partition coefficient (Wildman–Crippen LogP) is 1.73. The second-order valence-electron chi connectivity index (χ2n) is 4.93. The Balaban J connectivity index is 2.02. The first-order valence-electron chi connectivity index (χ1n) is 6.53. The van der Waals surface area contributed by atoms with Crippen molar-refractivity contribution in [1.29, 1.82) is 0 Å². The number of hydrogen-bond acceptors (Lipinski definition) is 3. The lowest BCUT2D eigenvalue weighted by Gasteiger charge is -2.28. The van der Waals surface area contributed by atoms with E-state index in [4.69, 9.17) is 5.73 Å². The Kier molecular flexibility index (Phi) is 4.20. The fraction of sp³-hybridized carbons (Fsp3) is 0.500. The number of nitrogens with two attached hydrogens (primary N) is 1. The molecule has 0 saturated heterocycles. The van der Waals surface area contributed by atoms with Crippen molar-refractivity contribution in [2.75, 3.05) is 12.4 Å². The Morgan fingerprint density at radius 1 is 1.39 bits per heavy atom. The van der Waals surface area contributed by atoms with Crippen molar-refractivity contribution in [3.63, 3.8) is 0 Å². The van der Waals surface area contributed by atoms with E-state index in [1.54, 1.807) is 7.05 Å². The van der Waals surface area contributed by atoms with Gasteiger partial charge in [-0.3, -0.25) is 4.79 Å². The number of anilines is 1. The lowest BCUT2D eigenvalue weighted by atomic mass is 9.91. The van der Waals surface area contributed by atoms with Gasteiger partial charge in [-0.05, 0) is 43.9 Å². The number of nitrogens with one attached hydrogen (secondary N) is 2. The second kappa shape index (κ2) is 5.87. The predicted molar refractivity (Wildman–Crippen MR) is 73.7 cm³/mol. The number of carbonyl (C=O) groups excluding carboxylic acids is 1. The lowest BCUT2D eigenvalue weighted by molar-refractivity contribution is 0.0963. The van der Waals surface area contributed by atoms with Crippen LogP contribution in [0.25, 0.3) is 0 Å². The molecule has 98 valence electrons. The standard InChI is InChI=1S/C14H21N3O/c1-16-14(18)10-4-2-6-12(8-10)17-13-7-3-5-11(15)9-13/h2,4,6,8,11,13,17H,3,5,7,9,15H2,1H3,(H,16,18). The second-order valence-corrected chi connectivity index (χ2v) is 4.93. The molecule has 18 heavy (non-hydrogen) atoms. The van der Waals surface area contributed by atoms with E-state index >= 15 is 0 Å². The van der Waals surface area contributed by atoms with E-state index in [9.17, 15) is 4.79 Å².